The van der Waals surface area contributed by atoms with Crippen molar-refractivity contribution in [3.05, 3.63) is 64.1 Å². The van der Waals surface area contributed by atoms with E-state index in [1.54, 1.807) is 36.4 Å². The normalized spacial score (nSPS) is 15.0. The fourth-order valence-electron chi connectivity index (χ4n) is 4.01. The summed E-state index contributed by atoms with van der Waals surface area (Å²) in [5.74, 6) is 3.80. The van der Waals surface area contributed by atoms with Gasteiger partial charge in [-0.25, -0.2) is 4.98 Å². The third kappa shape index (κ3) is 4.39. The molecule has 33 heavy (non-hydrogen) atoms. The number of aromatic nitrogens is 3. The van der Waals surface area contributed by atoms with E-state index in [1.807, 2.05) is 12.1 Å². The maximum Gasteiger partial charge on any atom is 0.280 e. The van der Waals surface area contributed by atoms with Gasteiger partial charge in [0.15, 0.2) is 5.69 Å². The van der Waals surface area contributed by atoms with Crippen molar-refractivity contribution in [3.8, 4) is 24.0 Å². The van der Waals surface area contributed by atoms with Gasteiger partial charge < -0.3 is 9.47 Å². The van der Waals surface area contributed by atoms with Gasteiger partial charge in [-0.3, -0.25) is 14.8 Å². The molecule has 1 N–H and O–H groups in total. The van der Waals surface area contributed by atoms with E-state index in [4.69, 9.17) is 27.5 Å². The highest BCUT2D eigenvalue weighted by Gasteiger charge is 2.44. The molecule has 0 aliphatic carbocycles. The Bertz CT molecular complexity index is 1200. The van der Waals surface area contributed by atoms with E-state index in [-0.39, 0.29) is 5.91 Å². The van der Waals surface area contributed by atoms with E-state index in [0.717, 1.165) is 23.2 Å². The Labute approximate surface area is 198 Å². The number of H-pyrrole nitrogens is 1. The molecule has 4 rings (SSSR count). The molecule has 3 heterocycles. The number of fused-ring (bicyclic) bond motifs is 1. The lowest BCUT2D eigenvalue weighted by atomic mass is 9.95. The van der Waals surface area contributed by atoms with E-state index in [2.05, 4.69) is 34.9 Å². The molecule has 170 valence electrons. The summed E-state index contributed by atoms with van der Waals surface area (Å²) in [6, 6.07) is 8.55. The van der Waals surface area contributed by atoms with Gasteiger partial charge in [0.1, 0.15) is 5.75 Å². The average molecular weight is 465 g/mol. The quantitative estimate of drug-likeness (QED) is 0.382. The standard InChI is InChI=1S/C25H25ClN4O3/c1-5-6-11-33-17-8-9-18(19(26)13-17)24-22-20(12-15(2)3)28-29-23(22)25(31)30(24)16-7-10-21(32-4)27-14-16/h1,7-10,13-15,24H,6,11-12H2,2-4H3,(H,28,29). The number of hydrogen-bond acceptors (Lipinski definition) is 5. The lowest BCUT2D eigenvalue weighted by Crippen LogP contribution is -2.29. The zero-order chi connectivity index (χ0) is 23.5. The van der Waals surface area contributed by atoms with Crippen LogP contribution in [0, 0.1) is 18.3 Å². The van der Waals surface area contributed by atoms with E-state index >= 15 is 0 Å². The minimum atomic E-state index is -0.456. The van der Waals surface area contributed by atoms with Crippen LogP contribution in [-0.2, 0) is 6.42 Å². The molecule has 0 saturated carbocycles. The number of hydrogen-bond donors (Lipinski definition) is 1. The molecule has 0 bridgehead atoms. The fourth-order valence-corrected chi connectivity index (χ4v) is 4.29. The van der Waals surface area contributed by atoms with Gasteiger partial charge in [0.05, 0.1) is 31.6 Å². The molecule has 1 unspecified atom stereocenters. The van der Waals surface area contributed by atoms with Crippen molar-refractivity contribution < 1.29 is 14.3 Å². The number of halogens is 1. The summed E-state index contributed by atoms with van der Waals surface area (Å²) >= 11 is 6.74. The number of aromatic amines is 1. The number of benzene rings is 1. The molecule has 2 aromatic heterocycles. The summed E-state index contributed by atoms with van der Waals surface area (Å²) in [5, 5.41) is 7.93. The zero-order valence-corrected chi connectivity index (χ0v) is 19.5. The maximum absolute atomic E-state index is 13.5. The Morgan fingerprint density at radius 2 is 2.12 bits per heavy atom. The topological polar surface area (TPSA) is 80.3 Å². The number of carbonyl (C=O) groups excluding carboxylic acids is 1. The highest BCUT2D eigenvalue weighted by atomic mass is 35.5. The zero-order valence-electron chi connectivity index (χ0n) is 18.8. The van der Waals surface area contributed by atoms with Gasteiger partial charge in [-0.2, -0.15) is 5.10 Å². The Kier molecular flexibility index (Phi) is 6.57. The van der Waals surface area contributed by atoms with Gasteiger partial charge in [0.25, 0.3) is 5.91 Å². The van der Waals surface area contributed by atoms with Crippen LogP contribution in [0.1, 0.15) is 53.6 Å². The summed E-state index contributed by atoms with van der Waals surface area (Å²) in [5.41, 5.74) is 3.57. The molecule has 1 aliphatic rings. The molecule has 8 heteroatoms. The second-order valence-corrected chi connectivity index (χ2v) is 8.59. The molecule has 1 aromatic carbocycles. The molecule has 7 nitrogen and oxygen atoms in total. The fraction of sp³-hybridized carbons (Fsp3) is 0.320. The predicted molar refractivity (Wildman–Crippen MR) is 127 cm³/mol. The minimum Gasteiger partial charge on any atom is -0.493 e. The van der Waals surface area contributed by atoms with Crippen LogP contribution >= 0.6 is 11.6 Å². The smallest absolute Gasteiger partial charge is 0.280 e. The van der Waals surface area contributed by atoms with Crippen LogP contribution < -0.4 is 14.4 Å². The SMILES string of the molecule is C#CCCOc1ccc(C2c3c(n[nH]c3CC(C)C)C(=O)N2c2ccc(OC)nc2)c(Cl)c1. The van der Waals surface area contributed by atoms with E-state index in [0.29, 0.717) is 47.0 Å². The second-order valence-electron chi connectivity index (χ2n) is 8.18. The first-order valence-corrected chi connectivity index (χ1v) is 11.1. The number of pyridine rings is 1. The first-order valence-electron chi connectivity index (χ1n) is 10.7. The first-order chi connectivity index (χ1) is 15.9. The number of nitrogens with zero attached hydrogens (tertiary/aromatic N) is 3. The van der Waals surface area contributed by atoms with Crippen molar-refractivity contribution in [3.63, 3.8) is 0 Å². The third-order valence-electron chi connectivity index (χ3n) is 5.44. The summed E-state index contributed by atoms with van der Waals surface area (Å²) in [7, 11) is 1.55. The van der Waals surface area contributed by atoms with Crippen molar-refractivity contribution in [2.75, 3.05) is 18.6 Å². The minimum absolute atomic E-state index is 0.210. The van der Waals surface area contributed by atoms with Crippen LogP contribution in [-0.4, -0.2) is 34.8 Å². The van der Waals surface area contributed by atoms with Crippen LogP contribution in [0.2, 0.25) is 5.02 Å². The van der Waals surface area contributed by atoms with E-state index in [1.165, 1.54) is 0 Å². The Morgan fingerprint density at radius 3 is 2.76 bits per heavy atom. The number of terminal acetylenes is 1. The molecule has 1 atom stereocenters. The van der Waals surface area contributed by atoms with Gasteiger partial charge in [-0.1, -0.05) is 31.5 Å². The lowest BCUT2D eigenvalue weighted by molar-refractivity contribution is 0.0988. The number of rotatable bonds is 8. The van der Waals surface area contributed by atoms with Crippen LogP contribution in [0.5, 0.6) is 11.6 Å². The number of carbonyl (C=O) groups is 1. The monoisotopic (exact) mass is 464 g/mol. The molecule has 0 fully saturated rings. The lowest BCUT2D eigenvalue weighted by Gasteiger charge is -2.27. The molecular formula is C25H25ClN4O3. The largest absolute Gasteiger partial charge is 0.493 e. The van der Waals surface area contributed by atoms with Gasteiger partial charge in [0, 0.05) is 28.8 Å². The number of nitrogens with one attached hydrogen (secondary N) is 1. The van der Waals surface area contributed by atoms with Crippen LogP contribution in [0.3, 0.4) is 0 Å². The van der Waals surface area contributed by atoms with Crippen molar-refractivity contribution >= 4 is 23.2 Å². The predicted octanol–water partition coefficient (Wildman–Crippen LogP) is 4.82. The third-order valence-corrected chi connectivity index (χ3v) is 5.77. The number of anilines is 1. The van der Waals surface area contributed by atoms with Crippen LogP contribution in [0.15, 0.2) is 36.5 Å². The number of methoxy groups -OCH3 is 1. The Balaban J connectivity index is 1.80. The highest BCUT2D eigenvalue weighted by Crippen LogP contribution is 2.45. The van der Waals surface area contributed by atoms with Gasteiger partial charge in [0.2, 0.25) is 5.88 Å². The van der Waals surface area contributed by atoms with Gasteiger partial charge in [-0.15, -0.1) is 12.3 Å². The average Bonchev–Trinajstić information content (AvgIpc) is 3.32. The number of ether oxygens (including phenoxy) is 2. The van der Waals surface area contributed by atoms with E-state index < -0.39 is 6.04 Å². The summed E-state index contributed by atoms with van der Waals surface area (Å²) in [6.07, 6.45) is 8.18. The molecular weight excluding hydrogens is 440 g/mol. The van der Waals surface area contributed by atoms with Crippen LogP contribution in [0.4, 0.5) is 5.69 Å². The summed E-state index contributed by atoms with van der Waals surface area (Å²) < 4.78 is 10.9. The second kappa shape index (κ2) is 9.55. The summed E-state index contributed by atoms with van der Waals surface area (Å²) in [4.78, 5) is 19.5. The number of amides is 1. The van der Waals surface area contributed by atoms with Crippen molar-refractivity contribution in [2.24, 2.45) is 5.92 Å². The van der Waals surface area contributed by atoms with Crippen molar-refractivity contribution in [1.82, 2.24) is 15.2 Å². The Hall–Kier alpha value is -3.50. The molecule has 1 amide bonds. The first kappa shape index (κ1) is 22.7. The van der Waals surface area contributed by atoms with Gasteiger partial charge in [-0.05, 0) is 36.1 Å². The van der Waals surface area contributed by atoms with Crippen LogP contribution in [0.25, 0.3) is 0 Å². The molecule has 0 spiro atoms. The van der Waals surface area contributed by atoms with E-state index in [9.17, 15) is 4.79 Å². The maximum atomic E-state index is 13.5. The Morgan fingerprint density at radius 1 is 1.30 bits per heavy atom. The molecule has 0 saturated heterocycles. The van der Waals surface area contributed by atoms with Crippen molar-refractivity contribution in [1.29, 1.82) is 0 Å². The van der Waals surface area contributed by atoms with Gasteiger partial charge >= 0.3 is 0 Å². The van der Waals surface area contributed by atoms with Crippen molar-refractivity contribution in [2.45, 2.75) is 32.7 Å². The molecule has 1 aliphatic heterocycles. The molecule has 3 aromatic rings. The summed E-state index contributed by atoms with van der Waals surface area (Å²) in [6.45, 7) is 4.65. The highest BCUT2D eigenvalue weighted by molar-refractivity contribution is 6.31. The molecule has 0 radical (unpaired) electrons.